The molecule has 9 heavy (non-hydrogen) atoms. The van der Waals surface area contributed by atoms with E-state index in [9.17, 15) is 4.79 Å². The lowest BCUT2D eigenvalue weighted by molar-refractivity contribution is -0.104. The lowest BCUT2D eigenvalue weighted by Crippen LogP contribution is -1.85. The summed E-state index contributed by atoms with van der Waals surface area (Å²) in [5.41, 5.74) is 0. The summed E-state index contributed by atoms with van der Waals surface area (Å²) in [5, 5.41) is 0. The number of hydrogen-bond acceptors (Lipinski definition) is 2. The molecule has 2 atom stereocenters. The molecule has 0 aromatic carbocycles. The van der Waals surface area contributed by atoms with Crippen molar-refractivity contribution < 1.29 is 9.53 Å². The molecule has 0 aromatic rings. The fourth-order valence-electron chi connectivity index (χ4n) is 0.809. The first-order chi connectivity index (χ1) is 4.38. The summed E-state index contributed by atoms with van der Waals surface area (Å²) in [5.74, 6) is 0. The first-order valence-corrected chi connectivity index (χ1v) is 3.16. The Morgan fingerprint density at radius 2 is 2.44 bits per heavy atom. The topological polar surface area (TPSA) is 29.6 Å². The van der Waals surface area contributed by atoms with Crippen LogP contribution in [0.15, 0.2) is 12.2 Å². The van der Waals surface area contributed by atoms with Crippen LogP contribution in [0.5, 0.6) is 0 Å². The maximum Gasteiger partial charge on any atom is 0.142 e. The number of carbonyl (C=O) groups excluding carboxylic acids is 1. The van der Waals surface area contributed by atoms with E-state index in [1.54, 1.807) is 6.08 Å². The Labute approximate surface area is 54.5 Å². The van der Waals surface area contributed by atoms with Gasteiger partial charge in [-0.1, -0.05) is 13.0 Å². The average molecular weight is 126 g/mol. The Morgan fingerprint density at radius 1 is 1.67 bits per heavy atom. The Balaban J connectivity index is 2.18. The lowest BCUT2D eigenvalue weighted by Gasteiger charge is -1.75. The minimum Gasteiger partial charge on any atom is -0.365 e. The van der Waals surface area contributed by atoms with E-state index >= 15 is 0 Å². The predicted octanol–water partition coefficient (Wildman–Crippen LogP) is 0.919. The van der Waals surface area contributed by atoms with Crippen molar-refractivity contribution in [3.05, 3.63) is 12.2 Å². The first kappa shape index (κ1) is 6.49. The van der Waals surface area contributed by atoms with Gasteiger partial charge in [0.05, 0.1) is 6.10 Å². The van der Waals surface area contributed by atoms with Crippen molar-refractivity contribution in [1.82, 2.24) is 0 Å². The summed E-state index contributed by atoms with van der Waals surface area (Å²) in [4.78, 5) is 9.79. The van der Waals surface area contributed by atoms with E-state index in [2.05, 4.69) is 6.92 Å². The van der Waals surface area contributed by atoms with Crippen LogP contribution in [0.2, 0.25) is 0 Å². The molecule has 0 saturated carbocycles. The molecule has 0 amide bonds. The van der Waals surface area contributed by atoms with Gasteiger partial charge in [-0.25, -0.2) is 0 Å². The van der Waals surface area contributed by atoms with Crippen molar-refractivity contribution in [1.29, 1.82) is 0 Å². The van der Waals surface area contributed by atoms with Crippen molar-refractivity contribution in [2.45, 2.75) is 25.6 Å². The van der Waals surface area contributed by atoms with Crippen molar-refractivity contribution in [3.63, 3.8) is 0 Å². The fourth-order valence-corrected chi connectivity index (χ4v) is 0.809. The van der Waals surface area contributed by atoms with Crippen LogP contribution in [0.1, 0.15) is 13.3 Å². The van der Waals surface area contributed by atoms with E-state index in [1.807, 2.05) is 0 Å². The Hall–Kier alpha value is -0.630. The molecule has 0 aliphatic carbocycles. The summed E-state index contributed by atoms with van der Waals surface area (Å²) in [6, 6.07) is 0. The number of carbonyl (C=O) groups is 1. The second kappa shape index (κ2) is 2.78. The van der Waals surface area contributed by atoms with Gasteiger partial charge in [0.15, 0.2) is 0 Å². The Bertz CT molecular complexity index is 129. The number of aldehydes is 1. The molecule has 0 N–H and O–H groups in total. The predicted molar refractivity (Wildman–Crippen MR) is 34.2 cm³/mol. The number of allylic oxidation sites excluding steroid dienone is 1. The molecule has 1 saturated heterocycles. The van der Waals surface area contributed by atoms with Gasteiger partial charge in [-0.05, 0) is 12.5 Å². The molecule has 1 rings (SSSR count). The summed E-state index contributed by atoms with van der Waals surface area (Å²) in [6.45, 7) is 2.07. The van der Waals surface area contributed by atoms with Crippen molar-refractivity contribution in [2.75, 3.05) is 0 Å². The summed E-state index contributed by atoms with van der Waals surface area (Å²) >= 11 is 0. The third-order valence-electron chi connectivity index (χ3n) is 1.40. The minimum atomic E-state index is 0.222. The highest BCUT2D eigenvalue weighted by atomic mass is 16.6. The van der Waals surface area contributed by atoms with Crippen LogP contribution in [0.4, 0.5) is 0 Å². The van der Waals surface area contributed by atoms with Gasteiger partial charge in [-0.15, -0.1) is 0 Å². The standard InChI is InChI=1S/C7H10O2/c1-2-6-7(9-6)4-3-5-8/h3-7H,2H2,1H3/b4-3+/t6-,7-/m1/s1. The summed E-state index contributed by atoms with van der Waals surface area (Å²) in [7, 11) is 0. The van der Waals surface area contributed by atoms with E-state index in [0.717, 1.165) is 12.7 Å². The van der Waals surface area contributed by atoms with Crippen molar-refractivity contribution >= 4 is 6.29 Å². The highest BCUT2D eigenvalue weighted by molar-refractivity contribution is 5.64. The molecule has 1 heterocycles. The van der Waals surface area contributed by atoms with Crippen LogP contribution in [-0.4, -0.2) is 18.5 Å². The summed E-state index contributed by atoms with van der Waals surface area (Å²) < 4.78 is 5.12. The number of ether oxygens (including phenoxy) is 1. The minimum absolute atomic E-state index is 0.222. The molecule has 1 aliphatic rings. The molecular formula is C7H10O2. The highest BCUT2D eigenvalue weighted by Crippen LogP contribution is 2.25. The zero-order valence-corrected chi connectivity index (χ0v) is 5.41. The highest BCUT2D eigenvalue weighted by Gasteiger charge is 2.33. The maximum absolute atomic E-state index is 9.79. The molecule has 50 valence electrons. The normalized spacial score (nSPS) is 33.0. The van der Waals surface area contributed by atoms with Gasteiger partial charge in [-0.3, -0.25) is 4.79 Å². The molecule has 2 heteroatoms. The molecule has 0 spiro atoms. The quantitative estimate of drug-likeness (QED) is 0.319. The first-order valence-electron chi connectivity index (χ1n) is 3.16. The largest absolute Gasteiger partial charge is 0.365 e. The lowest BCUT2D eigenvalue weighted by atomic mass is 10.2. The van der Waals surface area contributed by atoms with Crippen LogP contribution in [0, 0.1) is 0 Å². The van der Waals surface area contributed by atoms with Crippen LogP contribution in [0.3, 0.4) is 0 Å². The molecule has 2 nitrogen and oxygen atoms in total. The second-order valence-corrected chi connectivity index (χ2v) is 2.07. The third kappa shape index (κ3) is 1.64. The molecule has 1 fully saturated rings. The summed E-state index contributed by atoms with van der Waals surface area (Å²) in [6.07, 6.45) is 5.69. The van der Waals surface area contributed by atoms with Crippen LogP contribution >= 0.6 is 0 Å². The van der Waals surface area contributed by atoms with E-state index in [4.69, 9.17) is 4.74 Å². The Kier molecular flexibility index (Phi) is 2.01. The fraction of sp³-hybridized carbons (Fsp3) is 0.571. The smallest absolute Gasteiger partial charge is 0.142 e. The van der Waals surface area contributed by atoms with Gasteiger partial charge in [0.2, 0.25) is 0 Å². The SMILES string of the molecule is CC[C@H]1O[C@@H]1/C=C/C=O. The van der Waals surface area contributed by atoms with Gasteiger partial charge in [0.25, 0.3) is 0 Å². The average Bonchev–Trinajstić information content (AvgIpc) is 2.62. The number of rotatable bonds is 3. The third-order valence-corrected chi connectivity index (χ3v) is 1.40. The van der Waals surface area contributed by atoms with Crippen molar-refractivity contribution in [2.24, 2.45) is 0 Å². The van der Waals surface area contributed by atoms with Gasteiger partial charge in [0, 0.05) is 0 Å². The number of epoxide rings is 1. The molecule has 0 unspecified atom stereocenters. The van der Waals surface area contributed by atoms with E-state index < -0.39 is 0 Å². The van der Waals surface area contributed by atoms with E-state index in [-0.39, 0.29) is 6.10 Å². The zero-order valence-electron chi connectivity index (χ0n) is 5.41. The molecule has 1 aliphatic heterocycles. The van der Waals surface area contributed by atoms with Crippen LogP contribution in [0.25, 0.3) is 0 Å². The second-order valence-electron chi connectivity index (χ2n) is 2.07. The van der Waals surface area contributed by atoms with Crippen LogP contribution < -0.4 is 0 Å². The zero-order chi connectivity index (χ0) is 6.69. The molecule has 0 aromatic heterocycles. The maximum atomic E-state index is 9.79. The molecular weight excluding hydrogens is 116 g/mol. The van der Waals surface area contributed by atoms with Crippen molar-refractivity contribution in [3.8, 4) is 0 Å². The molecule has 0 bridgehead atoms. The monoisotopic (exact) mass is 126 g/mol. The Morgan fingerprint density at radius 3 is 2.89 bits per heavy atom. The molecule has 0 radical (unpaired) electrons. The van der Waals surface area contributed by atoms with Gasteiger partial charge in [0.1, 0.15) is 12.4 Å². The van der Waals surface area contributed by atoms with E-state index in [0.29, 0.717) is 6.10 Å². The van der Waals surface area contributed by atoms with Gasteiger partial charge >= 0.3 is 0 Å². The van der Waals surface area contributed by atoms with Gasteiger partial charge in [-0.2, -0.15) is 0 Å². The van der Waals surface area contributed by atoms with Gasteiger partial charge < -0.3 is 4.74 Å². The van der Waals surface area contributed by atoms with Crippen LogP contribution in [-0.2, 0) is 9.53 Å². The number of hydrogen-bond donors (Lipinski definition) is 0. The van der Waals surface area contributed by atoms with E-state index in [1.165, 1.54) is 6.08 Å².